The van der Waals surface area contributed by atoms with Crippen LogP contribution < -0.4 is 0 Å². The molecular formula is C19H25N3O4S. The quantitative estimate of drug-likeness (QED) is 0.795. The summed E-state index contributed by atoms with van der Waals surface area (Å²) in [4.78, 5) is 14.1. The Kier molecular flexibility index (Phi) is 5.37. The van der Waals surface area contributed by atoms with Gasteiger partial charge in [-0.15, -0.1) is 5.10 Å². The van der Waals surface area contributed by atoms with Gasteiger partial charge in [-0.05, 0) is 55.4 Å². The van der Waals surface area contributed by atoms with Gasteiger partial charge in [0.1, 0.15) is 5.75 Å². The zero-order valence-electron chi connectivity index (χ0n) is 16.1. The van der Waals surface area contributed by atoms with Gasteiger partial charge in [-0.2, -0.15) is 0 Å². The topological polar surface area (TPSA) is 93.4 Å². The molecule has 0 radical (unpaired) electrons. The second kappa shape index (κ2) is 7.42. The lowest BCUT2D eigenvalue weighted by molar-refractivity contribution is -0.131. The maximum Gasteiger partial charge on any atom is 0.336 e. The molecule has 8 heteroatoms. The van der Waals surface area contributed by atoms with Crippen molar-refractivity contribution in [1.29, 1.82) is 0 Å². The van der Waals surface area contributed by atoms with Crippen LogP contribution in [0.1, 0.15) is 31.4 Å². The largest absolute Gasteiger partial charge is 0.408 e. The predicted molar refractivity (Wildman–Crippen MR) is 101 cm³/mol. The number of carbonyl (C=O) groups is 1. The average Bonchev–Trinajstić information content (AvgIpc) is 3.07. The summed E-state index contributed by atoms with van der Waals surface area (Å²) in [7, 11) is -3.98. The summed E-state index contributed by atoms with van der Waals surface area (Å²) in [5.41, 5.74) is 2.80. The smallest absolute Gasteiger partial charge is 0.336 e. The predicted octanol–water partition coefficient (Wildman–Crippen LogP) is 2.63. The minimum absolute atomic E-state index is 0.129. The number of carbonyl (C=O) groups excluding carboxylic acids is 1. The summed E-state index contributed by atoms with van der Waals surface area (Å²) < 4.78 is 30.5. The summed E-state index contributed by atoms with van der Waals surface area (Å²) >= 11 is 0. The number of rotatable bonds is 4. The molecule has 1 fully saturated rings. The summed E-state index contributed by atoms with van der Waals surface area (Å²) in [5.74, 6) is -0.217. The molecule has 2 atom stereocenters. The molecule has 1 aromatic carbocycles. The van der Waals surface area contributed by atoms with Gasteiger partial charge in [0.05, 0.1) is 0 Å². The van der Waals surface area contributed by atoms with Crippen LogP contribution in [0.2, 0.25) is 0 Å². The van der Waals surface area contributed by atoms with Crippen molar-refractivity contribution in [2.24, 2.45) is 11.8 Å². The molecule has 1 amide bonds. The zero-order chi connectivity index (χ0) is 19.8. The first-order chi connectivity index (χ1) is 12.7. The Hall–Kier alpha value is -2.22. The highest BCUT2D eigenvalue weighted by atomic mass is 32.2. The number of hydrogen-bond donors (Lipinski definition) is 0. The zero-order valence-corrected chi connectivity index (χ0v) is 16.9. The van der Waals surface area contributed by atoms with E-state index in [1.807, 2.05) is 26.0 Å². The number of piperidine rings is 1. The molecule has 1 aliphatic heterocycles. The van der Waals surface area contributed by atoms with Gasteiger partial charge in [0.2, 0.25) is 21.6 Å². The van der Waals surface area contributed by atoms with E-state index in [1.165, 1.54) is 0 Å². The standard InChI is InChI=1S/C19H25N3O4S/c1-12-7-13(2)10-22(9-12)17(23)11-27(24,25)19-21-20-18(26-19)16-6-5-14(3)15(4)8-16/h5-6,8,12-13H,7,9-11H2,1-4H3. The highest BCUT2D eigenvalue weighted by Gasteiger charge is 2.32. The highest BCUT2D eigenvalue weighted by molar-refractivity contribution is 7.91. The Bertz CT molecular complexity index is 942. The van der Waals surface area contributed by atoms with Crippen LogP contribution in [0.15, 0.2) is 27.8 Å². The number of likely N-dealkylation sites (tertiary alicyclic amines) is 1. The fraction of sp³-hybridized carbons (Fsp3) is 0.526. The van der Waals surface area contributed by atoms with Crippen molar-refractivity contribution in [3.8, 4) is 11.5 Å². The number of nitrogens with zero attached hydrogens (tertiary/aromatic N) is 3. The molecule has 2 unspecified atom stereocenters. The number of benzene rings is 1. The normalized spacial score (nSPS) is 20.7. The van der Waals surface area contributed by atoms with Crippen molar-refractivity contribution >= 4 is 15.7 Å². The van der Waals surface area contributed by atoms with Crippen LogP contribution in [0.3, 0.4) is 0 Å². The first-order valence-corrected chi connectivity index (χ1v) is 10.7. The van der Waals surface area contributed by atoms with Crippen molar-refractivity contribution < 1.29 is 17.6 Å². The summed E-state index contributed by atoms with van der Waals surface area (Å²) in [6.45, 7) is 9.23. The van der Waals surface area contributed by atoms with Crippen LogP contribution in [0, 0.1) is 25.7 Å². The van der Waals surface area contributed by atoms with Gasteiger partial charge in [0.25, 0.3) is 0 Å². The third-order valence-corrected chi connectivity index (χ3v) is 6.29. The van der Waals surface area contributed by atoms with Gasteiger partial charge < -0.3 is 9.32 Å². The lowest BCUT2D eigenvalue weighted by Gasteiger charge is -2.34. The Labute approximate surface area is 159 Å². The molecule has 3 rings (SSSR count). The van der Waals surface area contributed by atoms with Crippen LogP contribution in [0.4, 0.5) is 0 Å². The van der Waals surface area contributed by atoms with Gasteiger partial charge in [0, 0.05) is 18.7 Å². The molecule has 2 heterocycles. The van der Waals surface area contributed by atoms with E-state index < -0.39 is 26.7 Å². The van der Waals surface area contributed by atoms with E-state index in [2.05, 4.69) is 24.0 Å². The van der Waals surface area contributed by atoms with Crippen LogP contribution in [0.25, 0.3) is 11.5 Å². The van der Waals surface area contributed by atoms with Gasteiger partial charge in [-0.3, -0.25) is 4.79 Å². The van der Waals surface area contributed by atoms with E-state index in [9.17, 15) is 13.2 Å². The Balaban J connectivity index is 1.76. The molecule has 0 saturated carbocycles. The van der Waals surface area contributed by atoms with Gasteiger partial charge >= 0.3 is 5.22 Å². The van der Waals surface area contributed by atoms with Gasteiger partial charge in [-0.25, -0.2) is 8.42 Å². The van der Waals surface area contributed by atoms with Gasteiger partial charge in [-0.1, -0.05) is 25.0 Å². The maximum atomic E-state index is 12.6. The molecule has 0 bridgehead atoms. The molecule has 1 aromatic heterocycles. The van der Waals surface area contributed by atoms with Crippen molar-refractivity contribution in [3.05, 3.63) is 29.3 Å². The summed E-state index contributed by atoms with van der Waals surface area (Å²) in [6.07, 6.45) is 1.04. The molecule has 27 heavy (non-hydrogen) atoms. The van der Waals surface area contributed by atoms with E-state index in [-0.39, 0.29) is 5.89 Å². The number of aromatic nitrogens is 2. The molecule has 0 aliphatic carbocycles. The number of hydrogen-bond acceptors (Lipinski definition) is 6. The Morgan fingerprint density at radius 2 is 1.81 bits per heavy atom. The molecule has 0 spiro atoms. The van der Waals surface area contributed by atoms with E-state index in [1.54, 1.807) is 11.0 Å². The minimum atomic E-state index is -3.98. The van der Waals surface area contributed by atoms with Crippen LogP contribution >= 0.6 is 0 Å². The van der Waals surface area contributed by atoms with Gasteiger partial charge in [0.15, 0.2) is 0 Å². The number of amides is 1. The second-order valence-electron chi connectivity index (χ2n) is 7.68. The fourth-order valence-electron chi connectivity index (χ4n) is 3.51. The van der Waals surface area contributed by atoms with Crippen LogP contribution in [-0.2, 0) is 14.6 Å². The SMILES string of the molecule is Cc1ccc(-c2nnc(S(=O)(=O)CC(=O)N3CC(C)CC(C)C3)o2)cc1C. The van der Waals surface area contributed by atoms with E-state index >= 15 is 0 Å². The molecule has 7 nitrogen and oxygen atoms in total. The molecule has 2 aromatic rings. The third kappa shape index (κ3) is 4.37. The lowest BCUT2D eigenvalue weighted by Crippen LogP contribution is -2.44. The van der Waals surface area contributed by atoms with Crippen molar-refractivity contribution in [3.63, 3.8) is 0 Å². The Morgan fingerprint density at radius 1 is 1.15 bits per heavy atom. The van der Waals surface area contributed by atoms with Crippen molar-refractivity contribution in [2.75, 3.05) is 18.8 Å². The molecule has 1 aliphatic rings. The maximum absolute atomic E-state index is 12.6. The molecule has 1 saturated heterocycles. The van der Waals surface area contributed by atoms with Crippen LogP contribution in [-0.4, -0.2) is 48.3 Å². The van der Waals surface area contributed by atoms with Crippen LogP contribution in [0.5, 0.6) is 0 Å². The first-order valence-electron chi connectivity index (χ1n) is 9.07. The molecule has 0 N–H and O–H groups in total. The number of sulfone groups is 1. The lowest BCUT2D eigenvalue weighted by atomic mass is 9.92. The van der Waals surface area contributed by atoms with E-state index in [4.69, 9.17) is 4.42 Å². The molecule has 146 valence electrons. The second-order valence-corrected chi connectivity index (χ2v) is 9.54. The Morgan fingerprint density at radius 3 is 2.44 bits per heavy atom. The first kappa shape index (κ1) is 19.5. The van der Waals surface area contributed by atoms with E-state index in [0.29, 0.717) is 30.5 Å². The third-order valence-electron chi connectivity index (χ3n) is 4.96. The average molecular weight is 391 g/mol. The fourth-order valence-corrected chi connectivity index (χ4v) is 4.51. The van der Waals surface area contributed by atoms with Crippen molar-refractivity contribution in [1.82, 2.24) is 15.1 Å². The van der Waals surface area contributed by atoms with E-state index in [0.717, 1.165) is 17.5 Å². The summed E-state index contributed by atoms with van der Waals surface area (Å²) in [5, 5.41) is 7.00. The highest BCUT2D eigenvalue weighted by Crippen LogP contribution is 2.24. The monoisotopic (exact) mass is 391 g/mol. The minimum Gasteiger partial charge on any atom is -0.408 e. The number of aryl methyl sites for hydroxylation is 2. The molecular weight excluding hydrogens is 366 g/mol. The van der Waals surface area contributed by atoms with Crippen molar-refractivity contribution in [2.45, 2.75) is 39.3 Å². The summed E-state index contributed by atoms with van der Waals surface area (Å²) in [6, 6.07) is 5.57.